The molecule has 0 spiro atoms. The molecule has 0 unspecified atom stereocenters. The Balaban J connectivity index is 2.42. The van der Waals surface area contributed by atoms with Gasteiger partial charge in [0.15, 0.2) is 5.69 Å². The largest absolute Gasteiger partial charge is 0.480 e. The lowest BCUT2D eigenvalue weighted by Gasteiger charge is -2.03. The van der Waals surface area contributed by atoms with Gasteiger partial charge in [0.1, 0.15) is 0 Å². The highest BCUT2D eigenvalue weighted by atomic mass is 79.9. The van der Waals surface area contributed by atoms with Crippen LogP contribution >= 0.6 is 15.9 Å². The molecule has 17 heavy (non-hydrogen) atoms. The van der Waals surface area contributed by atoms with Crippen LogP contribution in [0.15, 0.2) is 22.9 Å². The fourth-order valence-electron chi connectivity index (χ4n) is 1.15. The Hall–Kier alpha value is -1.96. The highest BCUT2D eigenvalue weighted by molar-refractivity contribution is 9.10. The maximum atomic E-state index is 10.7. The Morgan fingerprint density at radius 3 is 2.94 bits per heavy atom. The molecule has 0 saturated carbocycles. The lowest BCUT2D eigenvalue weighted by Crippen LogP contribution is -2.05. The van der Waals surface area contributed by atoms with Crippen LogP contribution < -0.4 is 4.74 Å². The zero-order valence-corrected chi connectivity index (χ0v) is 10.2. The molecule has 0 atom stereocenters. The lowest BCUT2D eigenvalue weighted by molar-refractivity contribution is 0.0690. The van der Waals surface area contributed by atoms with Crippen molar-refractivity contribution in [2.24, 2.45) is 0 Å². The summed E-state index contributed by atoms with van der Waals surface area (Å²) in [6.07, 6.45) is 2.97. The third-order valence-corrected chi connectivity index (χ3v) is 2.45. The predicted molar refractivity (Wildman–Crippen MR) is 60.4 cm³/mol. The van der Waals surface area contributed by atoms with E-state index in [2.05, 4.69) is 31.0 Å². The zero-order chi connectivity index (χ0) is 12.4. The number of carboxylic acid groups (broad SMARTS) is 1. The molecule has 7 nitrogen and oxygen atoms in total. The number of carboxylic acids is 1. The average molecular weight is 299 g/mol. The van der Waals surface area contributed by atoms with E-state index in [9.17, 15) is 4.79 Å². The normalized spacial score (nSPS) is 10.2. The van der Waals surface area contributed by atoms with E-state index in [1.807, 2.05) is 0 Å². The van der Waals surface area contributed by atoms with Gasteiger partial charge in [-0.3, -0.25) is 0 Å². The van der Waals surface area contributed by atoms with Gasteiger partial charge in [0.2, 0.25) is 5.88 Å². The monoisotopic (exact) mass is 298 g/mol. The van der Waals surface area contributed by atoms with E-state index in [-0.39, 0.29) is 11.6 Å². The van der Waals surface area contributed by atoms with E-state index >= 15 is 0 Å². The van der Waals surface area contributed by atoms with Crippen LogP contribution in [-0.4, -0.2) is 37.9 Å². The van der Waals surface area contributed by atoms with Crippen LogP contribution in [0.3, 0.4) is 0 Å². The van der Waals surface area contributed by atoms with Gasteiger partial charge in [-0.25, -0.2) is 14.5 Å². The van der Waals surface area contributed by atoms with E-state index in [1.54, 1.807) is 0 Å². The molecule has 88 valence electrons. The zero-order valence-electron chi connectivity index (χ0n) is 8.66. The summed E-state index contributed by atoms with van der Waals surface area (Å²) in [7, 11) is 1.47. The molecule has 2 aromatic rings. The Morgan fingerprint density at radius 1 is 1.59 bits per heavy atom. The fourth-order valence-corrected chi connectivity index (χ4v) is 1.50. The Bertz CT molecular complexity index is 569. The summed E-state index contributed by atoms with van der Waals surface area (Å²) in [5.41, 5.74) is -0.0736. The van der Waals surface area contributed by atoms with E-state index in [1.165, 1.54) is 30.3 Å². The van der Waals surface area contributed by atoms with Gasteiger partial charge in [-0.2, -0.15) is 10.1 Å². The quantitative estimate of drug-likeness (QED) is 0.913. The average Bonchev–Trinajstić information content (AvgIpc) is 2.79. The van der Waals surface area contributed by atoms with Gasteiger partial charge >= 0.3 is 5.97 Å². The lowest BCUT2D eigenvalue weighted by atomic mass is 10.5. The third kappa shape index (κ3) is 2.26. The first-order valence-corrected chi connectivity index (χ1v) is 5.27. The molecule has 0 saturated heterocycles. The second kappa shape index (κ2) is 4.50. The molecule has 1 N–H and O–H groups in total. The van der Waals surface area contributed by atoms with E-state index in [0.717, 1.165) is 0 Å². The second-order valence-corrected chi connectivity index (χ2v) is 3.83. The molecule has 0 fully saturated rings. The molecule has 0 radical (unpaired) electrons. The van der Waals surface area contributed by atoms with Gasteiger partial charge in [-0.1, -0.05) is 0 Å². The second-order valence-electron chi connectivity index (χ2n) is 2.98. The summed E-state index contributed by atoms with van der Waals surface area (Å²) in [4.78, 5) is 18.7. The number of methoxy groups -OCH3 is 1. The Labute approximate surface area is 104 Å². The summed E-state index contributed by atoms with van der Waals surface area (Å²) in [5, 5.41) is 12.5. The molecule has 0 aromatic carbocycles. The van der Waals surface area contributed by atoms with Gasteiger partial charge in [0.25, 0.3) is 5.95 Å². The Morgan fingerprint density at radius 2 is 2.35 bits per heavy atom. The van der Waals surface area contributed by atoms with Crippen molar-refractivity contribution < 1.29 is 14.6 Å². The maximum Gasteiger partial charge on any atom is 0.356 e. The van der Waals surface area contributed by atoms with Crippen LogP contribution in [0.5, 0.6) is 5.88 Å². The molecule has 0 aliphatic carbocycles. The summed E-state index contributed by atoms with van der Waals surface area (Å²) in [6.45, 7) is 0. The van der Waals surface area contributed by atoms with Gasteiger partial charge in [0, 0.05) is 6.20 Å². The van der Waals surface area contributed by atoms with Crippen LogP contribution in [0.2, 0.25) is 0 Å². The van der Waals surface area contributed by atoms with Crippen molar-refractivity contribution in [3.8, 4) is 11.8 Å². The van der Waals surface area contributed by atoms with E-state index in [0.29, 0.717) is 10.4 Å². The number of nitrogens with zero attached hydrogens (tertiary/aromatic N) is 4. The van der Waals surface area contributed by atoms with Crippen molar-refractivity contribution >= 4 is 21.9 Å². The number of aromatic nitrogens is 4. The van der Waals surface area contributed by atoms with Crippen LogP contribution in [0.4, 0.5) is 0 Å². The highest BCUT2D eigenvalue weighted by Crippen LogP contribution is 2.21. The van der Waals surface area contributed by atoms with Crippen LogP contribution in [0.1, 0.15) is 10.5 Å². The van der Waals surface area contributed by atoms with Gasteiger partial charge in [-0.15, -0.1) is 0 Å². The van der Waals surface area contributed by atoms with Crippen molar-refractivity contribution in [1.29, 1.82) is 0 Å². The first-order chi connectivity index (χ1) is 8.11. The number of aromatic carboxylic acids is 1. The van der Waals surface area contributed by atoms with Crippen molar-refractivity contribution in [2.75, 3.05) is 7.11 Å². The number of ether oxygens (including phenoxy) is 1. The molecule has 8 heteroatoms. The smallest absolute Gasteiger partial charge is 0.356 e. The van der Waals surface area contributed by atoms with Crippen molar-refractivity contribution in [2.45, 2.75) is 0 Å². The molecule has 2 aromatic heterocycles. The van der Waals surface area contributed by atoms with Crippen LogP contribution in [0, 0.1) is 0 Å². The minimum atomic E-state index is -1.10. The molecule has 2 rings (SSSR count). The SMILES string of the molecule is COc1nc(-n2ccc(C(=O)O)n2)ncc1Br. The number of hydrogen-bond acceptors (Lipinski definition) is 5. The molecular weight excluding hydrogens is 292 g/mol. The van der Waals surface area contributed by atoms with Crippen molar-refractivity contribution in [3.05, 3.63) is 28.6 Å². The van der Waals surface area contributed by atoms with Crippen LogP contribution in [0.25, 0.3) is 5.95 Å². The maximum absolute atomic E-state index is 10.7. The first kappa shape index (κ1) is 11.5. The van der Waals surface area contributed by atoms with Crippen LogP contribution in [-0.2, 0) is 0 Å². The number of halogens is 1. The van der Waals surface area contributed by atoms with Crippen molar-refractivity contribution in [1.82, 2.24) is 19.7 Å². The number of rotatable bonds is 3. The topological polar surface area (TPSA) is 90.1 Å². The molecule has 0 aliphatic heterocycles. The molecule has 0 bridgehead atoms. The molecular formula is C9H7BrN4O3. The predicted octanol–water partition coefficient (Wildman–Crippen LogP) is 1.13. The van der Waals surface area contributed by atoms with Gasteiger partial charge in [0.05, 0.1) is 17.8 Å². The highest BCUT2D eigenvalue weighted by Gasteiger charge is 2.11. The molecule has 2 heterocycles. The van der Waals surface area contributed by atoms with Gasteiger partial charge in [-0.05, 0) is 22.0 Å². The minimum Gasteiger partial charge on any atom is -0.480 e. The summed E-state index contributed by atoms with van der Waals surface area (Å²) < 4.78 is 6.87. The summed E-state index contributed by atoms with van der Waals surface area (Å²) >= 11 is 3.22. The number of hydrogen-bond donors (Lipinski definition) is 1. The number of carbonyl (C=O) groups is 1. The Kier molecular flexibility index (Phi) is 3.05. The minimum absolute atomic E-state index is 0.0736. The first-order valence-electron chi connectivity index (χ1n) is 4.47. The van der Waals surface area contributed by atoms with Crippen molar-refractivity contribution in [3.63, 3.8) is 0 Å². The molecule has 0 amide bonds. The van der Waals surface area contributed by atoms with Gasteiger partial charge < -0.3 is 9.84 Å². The summed E-state index contributed by atoms with van der Waals surface area (Å²) in [5.74, 6) is -0.521. The third-order valence-electron chi connectivity index (χ3n) is 1.91. The fraction of sp³-hybridized carbons (Fsp3) is 0.111. The standard InChI is InChI=1S/C9H7BrN4O3/c1-17-7-5(10)4-11-9(12-7)14-3-2-6(13-14)8(15)16/h2-4H,1H3,(H,15,16). The van der Waals surface area contributed by atoms with E-state index in [4.69, 9.17) is 9.84 Å². The summed E-state index contributed by atoms with van der Waals surface area (Å²) in [6, 6.07) is 1.36. The van der Waals surface area contributed by atoms with E-state index < -0.39 is 5.97 Å². The molecule has 0 aliphatic rings.